The lowest BCUT2D eigenvalue weighted by Gasteiger charge is -2.21. The standard InChI is InChI=1S/C17H26O2/c1-6-8-14(9-7-2)16-12(3)10-15(11-13(16)4)17(18)19-5/h10-11,14H,6-9H2,1-5H3. The maximum absolute atomic E-state index is 11.6. The van der Waals surface area contributed by atoms with Gasteiger partial charge >= 0.3 is 5.97 Å². The van der Waals surface area contributed by atoms with Crippen LogP contribution in [0, 0.1) is 13.8 Å². The minimum atomic E-state index is -0.250. The topological polar surface area (TPSA) is 26.3 Å². The number of benzene rings is 1. The van der Waals surface area contributed by atoms with Gasteiger partial charge in [-0.1, -0.05) is 26.7 Å². The van der Waals surface area contributed by atoms with Gasteiger partial charge in [0.15, 0.2) is 0 Å². The fraction of sp³-hybridized carbons (Fsp3) is 0.588. The molecule has 0 atom stereocenters. The lowest BCUT2D eigenvalue weighted by Crippen LogP contribution is -2.08. The number of rotatable bonds is 6. The summed E-state index contributed by atoms with van der Waals surface area (Å²) in [4.78, 5) is 11.6. The molecule has 0 spiro atoms. The highest BCUT2D eigenvalue weighted by Crippen LogP contribution is 2.32. The Morgan fingerprint density at radius 1 is 1.11 bits per heavy atom. The van der Waals surface area contributed by atoms with Crippen LogP contribution < -0.4 is 0 Å². The van der Waals surface area contributed by atoms with Gasteiger partial charge in [-0.2, -0.15) is 0 Å². The normalized spacial score (nSPS) is 10.8. The number of hydrogen-bond acceptors (Lipinski definition) is 2. The average molecular weight is 262 g/mol. The molecule has 2 nitrogen and oxygen atoms in total. The first-order chi connectivity index (χ1) is 9.04. The number of esters is 1. The van der Waals surface area contributed by atoms with E-state index in [0.717, 1.165) is 0 Å². The van der Waals surface area contributed by atoms with Crippen molar-refractivity contribution in [2.24, 2.45) is 0 Å². The Bertz CT molecular complexity index is 406. The number of aryl methyl sites for hydroxylation is 2. The largest absolute Gasteiger partial charge is 0.465 e. The predicted octanol–water partition coefficient (Wildman–Crippen LogP) is 4.77. The molecule has 0 N–H and O–H groups in total. The molecule has 2 heteroatoms. The van der Waals surface area contributed by atoms with Crippen molar-refractivity contribution < 1.29 is 9.53 Å². The first-order valence-electron chi connectivity index (χ1n) is 7.24. The zero-order valence-electron chi connectivity index (χ0n) is 12.9. The predicted molar refractivity (Wildman–Crippen MR) is 79.8 cm³/mol. The lowest BCUT2D eigenvalue weighted by atomic mass is 9.84. The SMILES string of the molecule is CCCC(CCC)c1c(C)cc(C(=O)OC)cc1C. The second-order valence-electron chi connectivity index (χ2n) is 5.29. The highest BCUT2D eigenvalue weighted by atomic mass is 16.5. The van der Waals surface area contributed by atoms with Crippen LogP contribution in [0.15, 0.2) is 12.1 Å². The summed E-state index contributed by atoms with van der Waals surface area (Å²) in [6, 6.07) is 3.93. The fourth-order valence-corrected chi connectivity index (χ4v) is 2.98. The number of ether oxygens (including phenoxy) is 1. The first-order valence-corrected chi connectivity index (χ1v) is 7.24. The average Bonchev–Trinajstić information content (AvgIpc) is 2.37. The van der Waals surface area contributed by atoms with Crippen molar-refractivity contribution in [3.05, 3.63) is 34.4 Å². The zero-order chi connectivity index (χ0) is 14.4. The Morgan fingerprint density at radius 2 is 1.58 bits per heavy atom. The van der Waals surface area contributed by atoms with Gasteiger partial charge in [-0.15, -0.1) is 0 Å². The van der Waals surface area contributed by atoms with E-state index in [2.05, 4.69) is 27.7 Å². The maximum atomic E-state index is 11.6. The molecule has 1 rings (SSSR count). The maximum Gasteiger partial charge on any atom is 0.337 e. The highest BCUT2D eigenvalue weighted by molar-refractivity contribution is 5.90. The minimum absolute atomic E-state index is 0.250. The molecule has 1 aromatic carbocycles. The van der Waals surface area contributed by atoms with E-state index >= 15 is 0 Å². The smallest absolute Gasteiger partial charge is 0.337 e. The van der Waals surface area contributed by atoms with Gasteiger partial charge in [0.1, 0.15) is 0 Å². The van der Waals surface area contributed by atoms with Gasteiger partial charge in [-0.05, 0) is 61.4 Å². The van der Waals surface area contributed by atoms with E-state index in [9.17, 15) is 4.79 Å². The van der Waals surface area contributed by atoms with Crippen LogP contribution in [-0.4, -0.2) is 13.1 Å². The summed E-state index contributed by atoms with van der Waals surface area (Å²) in [5.41, 5.74) is 4.52. The van der Waals surface area contributed by atoms with Gasteiger partial charge < -0.3 is 4.74 Å². The van der Waals surface area contributed by atoms with Crippen LogP contribution in [0.5, 0.6) is 0 Å². The molecule has 0 aromatic heterocycles. The van der Waals surface area contributed by atoms with Gasteiger partial charge in [0.25, 0.3) is 0 Å². The van der Waals surface area contributed by atoms with Crippen molar-refractivity contribution in [1.82, 2.24) is 0 Å². The molecular weight excluding hydrogens is 236 g/mol. The van der Waals surface area contributed by atoms with Gasteiger partial charge in [-0.3, -0.25) is 0 Å². The first kappa shape index (κ1) is 15.7. The van der Waals surface area contributed by atoms with Crippen LogP contribution in [-0.2, 0) is 4.74 Å². The molecule has 0 saturated heterocycles. The minimum Gasteiger partial charge on any atom is -0.465 e. The summed E-state index contributed by atoms with van der Waals surface area (Å²) in [5.74, 6) is 0.363. The Hall–Kier alpha value is -1.31. The number of carbonyl (C=O) groups excluding carboxylic acids is 1. The molecule has 0 saturated carbocycles. The van der Waals surface area contributed by atoms with E-state index in [1.807, 2.05) is 12.1 Å². The molecule has 106 valence electrons. The molecule has 0 aliphatic heterocycles. The van der Waals surface area contributed by atoms with Gasteiger partial charge in [0, 0.05) is 0 Å². The van der Waals surface area contributed by atoms with Crippen LogP contribution in [0.4, 0.5) is 0 Å². The summed E-state index contributed by atoms with van der Waals surface area (Å²) in [6.07, 6.45) is 4.82. The van der Waals surface area contributed by atoms with Crippen molar-refractivity contribution in [2.75, 3.05) is 7.11 Å². The third kappa shape index (κ3) is 3.82. The van der Waals surface area contributed by atoms with E-state index in [1.165, 1.54) is 49.5 Å². The molecule has 0 amide bonds. The Kier molecular flexibility index (Phi) is 6.07. The van der Waals surface area contributed by atoms with Crippen molar-refractivity contribution in [3.8, 4) is 0 Å². The van der Waals surface area contributed by atoms with Gasteiger partial charge in [-0.25, -0.2) is 4.79 Å². The highest BCUT2D eigenvalue weighted by Gasteiger charge is 2.17. The summed E-state index contributed by atoms with van der Waals surface area (Å²) >= 11 is 0. The van der Waals surface area contributed by atoms with Gasteiger partial charge in [0.2, 0.25) is 0 Å². The number of hydrogen-bond donors (Lipinski definition) is 0. The quantitative estimate of drug-likeness (QED) is 0.690. The summed E-state index contributed by atoms with van der Waals surface area (Å²) in [7, 11) is 1.43. The fourth-order valence-electron chi connectivity index (χ4n) is 2.98. The summed E-state index contributed by atoms with van der Waals surface area (Å²) in [5, 5.41) is 0. The van der Waals surface area contributed by atoms with Gasteiger partial charge in [0.05, 0.1) is 12.7 Å². The second kappa shape index (κ2) is 7.32. The van der Waals surface area contributed by atoms with Crippen LogP contribution in [0.3, 0.4) is 0 Å². The van der Waals surface area contributed by atoms with Crippen molar-refractivity contribution in [2.45, 2.75) is 59.3 Å². The van der Waals surface area contributed by atoms with Crippen molar-refractivity contribution in [1.29, 1.82) is 0 Å². The Balaban J connectivity index is 3.17. The molecule has 0 unspecified atom stereocenters. The molecule has 0 aliphatic carbocycles. The zero-order valence-corrected chi connectivity index (χ0v) is 12.9. The molecule has 0 radical (unpaired) electrons. The Morgan fingerprint density at radius 3 is 1.95 bits per heavy atom. The molecule has 19 heavy (non-hydrogen) atoms. The Labute approximate surface area is 117 Å². The van der Waals surface area contributed by atoms with E-state index in [0.29, 0.717) is 11.5 Å². The van der Waals surface area contributed by atoms with E-state index in [-0.39, 0.29) is 5.97 Å². The number of methoxy groups -OCH3 is 1. The van der Waals surface area contributed by atoms with Crippen LogP contribution in [0.1, 0.15) is 72.5 Å². The van der Waals surface area contributed by atoms with Crippen molar-refractivity contribution >= 4 is 5.97 Å². The molecular formula is C17H26O2. The van der Waals surface area contributed by atoms with E-state index in [1.54, 1.807) is 0 Å². The molecule has 0 aliphatic rings. The molecule has 0 heterocycles. The summed E-state index contributed by atoms with van der Waals surface area (Å²) in [6.45, 7) is 8.67. The molecule has 0 fully saturated rings. The summed E-state index contributed by atoms with van der Waals surface area (Å²) < 4.78 is 4.80. The molecule has 1 aromatic rings. The number of carbonyl (C=O) groups is 1. The van der Waals surface area contributed by atoms with E-state index in [4.69, 9.17) is 4.74 Å². The van der Waals surface area contributed by atoms with E-state index < -0.39 is 0 Å². The lowest BCUT2D eigenvalue weighted by molar-refractivity contribution is 0.0600. The van der Waals surface area contributed by atoms with Crippen molar-refractivity contribution in [3.63, 3.8) is 0 Å². The van der Waals surface area contributed by atoms with Crippen LogP contribution >= 0.6 is 0 Å². The third-order valence-corrected chi connectivity index (χ3v) is 3.70. The third-order valence-electron chi connectivity index (χ3n) is 3.70. The van der Waals surface area contributed by atoms with Crippen LogP contribution in [0.25, 0.3) is 0 Å². The van der Waals surface area contributed by atoms with Crippen LogP contribution in [0.2, 0.25) is 0 Å². The second-order valence-corrected chi connectivity index (χ2v) is 5.29. The monoisotopic (exact) mass is 262 g/mol. The molecule has 0 bridgehead atoms.